The summed E-state index contributed by atoms with van der Waals surface area (Å²) in [4.78, 5) is 3.63. The molecule has 6 N–H and O–H groups in total. The van der Waals surface area contributed by atoms with Gasteiger partial charge in [0.1, 0.15) is 0 Å². The van der Waals surface area contributed by atoms with Gasteiger partial charge in [-0.3, -0.25) is 4.99 Å². The molecule has 0 spiro atoms. The molecule has 5 heteroatoms. The van der Waals surface area contributed by atoms with Crippen LogP contribution in [0.4, 0.5) is 5.69 Å². The van der Waals surface area contributed by atoms with Crippen molar-refractivity contribution in [1.82, 2.24) is 5.32 Å². The summed E-state index contributed by atoms with van der Waals surface area (Å²) in [5, 5.41) is 6.76. The van der Waals surface area contributed by atoms with E-state index in [1.165, 1.54) is 28.5 Å². The number of terminal acetylenes is 1. The molecular weight excluding hydrogens is 490 g/mol. The number of hydrogen-bond donors (Lipinski definition) is 4. The summed E-state index contributed by atoms with van der Waals surface area (Å²) in [5.74, 6) is 2.85. The van der Waals surface area contributed by atoms with Gasteiger partial charge >= 0.3 is 0 Å². The summed E-state index contributed by atoms with van der Waals surface area (Å²) in [6.07, 6.45) is 16.8. The van der Waals surface area contributed by atoms with Crippen molar-refractivity contribution in [2.75, 3.05) is 32.0 Å². The van der Waals surface area contributed by atoms with Crippen molar-refractivity contribution in [2.24, 2.45) is 16.5 Å². The van der Waals surface area contributed by atoms with Crippen LogP contribution in [0.25, 0.3) is 16.8 Å². The Kier molecular flexibility index (Phi) is 19.9. The normalized spacial score (nSPS) is 12.6. The maximum atomic E-state index is 5.81. The van der Waals surface area contributed by atoms with Gasteiger partial charge in [-0.2, -0.15) is 0 Å². The van der Waals surface area contributed by atoms with Crippen LogP contribution in [0.1, 0.15) is 75.3 Å². The summed E-state index contributed by atoms with van der Waals surface area (Å²) in [6.45, 7) is 19.0. The van der Waals surface area contributed by atoms with Crippen LogP contribution >= 0.6 is 0 Å². The maximum absolute atomic E-state index is 5.81. The molecule has 2 aromatic rings. The molecule has 216 valence electrons. The fourth-order valence-electron chi connectivity index (χ4n) is 4.07. The minimum Gasteiger partial charge on any atom is -0.405 e. The van der Waals surface area contributed by atoms with Gasteiger partial charge in [-0.05, 0) is 104 Å². The first kappa shape index (κ1) is 36.1. The first-order valence-corrected chi connectivity index (χ1v) is 14.2. The van der Waals surface area contributed by atoms with Gasteiger partial charge < -0.3 is 22.1 Å². The number of benzene rings is 2. The summed E-state index contributed by atoms with van der Waals surface area (Å²) in [7, 11) is 1.69. The van der Waals surface area contributed by atoms with Crippen molar-refractivity contribution in [3.63, 3.8) is 0 Å². The Labute approximate surface area is 244 Å². The number of aryl methyl sites for hydroxylation is 1. The van der Waals surface area contributed by atoms with Crippen LogP contribution in [0.15, 0.2) is 72.4 Å². The topological polar surface area (TPSA) is 88.5 Å². The Bertz CT molecular complexity index is 1180. The van der Waals surface area contributed by atoms with Crippen LogP contribution in [-0.2, 0) is 0 Å². The van der Waals surface area contributed by atoms with Gasteiger partial charge in [0, 0.05) is 36.8 Å². The number of anilines is 1. The predicted octanol–water partition coefficient (Wildman–Crippen LogP) is 7.40. The number of nitrogens with one attached hydrogen (secondary N) is 2. The van der Waals surface area contributed by atoms with Gasteiger partial charge in [-0.25, -0.2) is 0 Å². The minimum atomic E-state index is 0.649. The Balaban J connectivity index is 0.00000133. The number of rotatable bonds is 8. The van der Waals surface area contributed by atoms with E-state index in [1.54, 1.807) is 19.3 Å². The maximum Gasteiger partial charge on any atom is 0.0397 e. The average Bonchev–Trinajstić information content (AvgIpc) is 3.01. The van der Waals surface area contributed by atoms with E-state index in [2.05, 4.69) is 84.5 Å². The van der Waals surface area contributed by atoms with Crippen molar-refractivity contribution >= 4 is 28.7 Å². The monoisotopic (exact) mass is 541 g/mol. The van der Waals surface area contributed by atoms with Crippen LogP contribution in [0, 0.1) is 19.3 Å². The van der Waals surface area contributed by atoms with E-state index in [4.69, 9.17) is 17.9 Å². The first-order chi connectivity index (χ1) is 19.5. The largest absolute Gasteiger partial charge is 0.405 e. The zero-order valence-electron chi connectivity index (χ0n) is 25.8. The second kappa shape index (κ2) is 22.0. The number of aliphatic imine (C=N–C) groups is 1. The lowest BCUT2D eigenvalue weighted by atomic mass is 9.94. The molecule has 0 unspecified atom stereocenters. The molecule has 0 aliphatic carbocycles. The van der Waals surface area contributed by atoms with E-state index < -0.39 is 0 Å². The Morgan fingerprint density at radius 1 is 1.18 bits per heavy atom. The molecule has 3 rings (SSSR count). The van der Waals surface area contributed by atoms with Crippen molar-refractivity contribution < 1.29 is 0 Å². The molecule has 0 atom stereocenters. The third kappa shape index (κ3) is 11.9. The molecule has 0 radical (unpaired) electrons. The van der Waals surface area contributed by atoms with Gasteiger partial charge in [0.05, 0.1) is 0 Å². The van der Waals surface area contributed by atoms with Crippen molar-refractivity contribution in [3.05, 3.63) is 95.2 Å². The Morgan fingerprint density at radius 3 is 2.40 bits per heavy atom. The summed E-state index contributed by atoms with van der Waals surface area (Å²) >= 11 is 0. The van der Waals surface area contributed by atoms with Crippen molar-refractivity contribution in [2.45, 2.75) is 54.4 Å². The fourth-order valence-corrected chi connectivity index (χ4v) is 4.07. The number of allylic oxidation sites excluding steroid dienone is 2. The second-order valence-electron chi connectivity index (χ2n) is 8.37. The quantitative estimate of drug-likeness (QED) is 0.207. The zero-order valence-corrected chi connectivity index (χ0v) is 25.8. The second-order valence-corrected chi connectivity index (χ2v) is 8.37. The molecule has 40 heavy (non-hydrogen) atoms. The minimum absolute atomic E-state index is 0.649. The molecule has 0 saturated heterocycles. The van der Waals surface area contributed by atoms with Gasteiger partial charge in [-0.15, -0.1) is 6.42 Å². The summed E-state index contributed by atoms with van der Waals surface area (Å²) in [5.41, 5.74) is 20.7. The van der Waals surface area contributed by atoms with E-state index in [-0.39, 0.29) is 0 Å². The van der Waals surface area contributed by atoms with E-state index in [0.29, 0.717) is 6.54 Å². The molecule has 0 bridgehead atoms. The third-order valence-electron chi connectivity index (χ3n) is 5.91. The van der Waals surface area contributed by atoms with Crippen molar-refractivity contribution in [1.29, 1.82) is 0 Å². The smallest absolute Gasteiger partial charge is 0.0397 e. The standard InChI is InChI=1S/C27H31N3.C4H8N2.2C2H6/c1-5-21(11-14-28)26-9-7-24(17-19(26)3)20(4)30-25-8-10-27(22(6-2)18-25)23-12-15-29-16-13-23;1-6-4-2-3-5;2*1-2/h2,5,7-10,12,17-18,29-30H,4,11,13-16,28H2,1,3H3;2-4H,5H2,1H3;2*1-2H3/b21-5+;3-2-,6-4?;;. The number of nitrogens with two attached hydrogens (primary N) is 2. The molecule has 2 aromatic carbocycles. The van der Waals surface area contributed by atoms with Crippen LogP contribution in [0.5, 0.6) is 0 Å². The van der Waals surface area contributed by atoms with Crippen LogP contribution in [0.2, 0.25) is 0 Å². The highest BCUT2D eigenvalue weighted by molar-refractivity contribution is 5.80. The lowest BCUT2D eigenvalue weighted by Gasteiger charge is -2.18. The van der Waals surface area contributed by atoms with E-state index in [9.17, 15) is 0 Å². The Hall–Kier alpha value is -3.85. The van der Waals surface area contributed by atoms with E-state index in [0.717, 1.165) is 54.0 Å². The SMILES string of the molecule is C#Cc1cc(NC(=C)c2ccc(/C(=C/C)CCN)c(C)c2)ccc1C1=CCNCC1.CC.CC.CN=C/C=C\N. The zero-order chi connectivity index (χ0) is 30.3. The molecule has 1 heterocycles. The van der Waals surface area contributed by atoms with Gasteiger partial charge in [0.25, 0.3) is 0 Å². The lowest BCUT2D eigenvalue weighted by molar-refractivity contribution is 0.738. The summed E-state index contributed by atoms with van der Waals surface area (Å²) < 4.78 is 0. The highest BCUT2D eigenvalue weighted by Crippen LogP contribution is 2.28. The fraction of sp³-hybridized carbons (Fsp3) is 0.343. The van der Waals surface area contributed by atoms with Gasteiger partial charge in [-0.1, -0.05) is 70.5 Å². The Morgan fingerprint density at radius 2 is 1.90 bits per heavy atom. The molecule has 5 nitrogen and oxygen atoms in total. The van der Waals surface area contributed by atoms with Gasteiger partial charge in [0.2, 0.25) is 0 Å². The van der Waals surface area contributed by atoms with Gasteiger partial charge in [0.15, 0.2) is 0 Å². The predicted molar refractivity (Wildman–Crippen MR) is 181 cm³/mol. The molecule has 1 aliphatic heterocycles. The number of nitrogens with zero attached hydrogens (tertiary/aromatic N) is 1. The van der Waals surface area contributed by atoms with Crippen LogP contribution < -0.4 is 22.1 Å². The molecule has 1 aliphatic rings. The van der Waals surface area contributed by atoms with E-state index >= 15 is 0 Å². The molecule has 0 saturated carbocycles. The molecule has 0 aromatic heterocycles. The molecule has 0 amide bonds. The van der Waals surface area contributed by atoms with Crippen molar-refractivity contribution in [3.8, 4) is 12.3 Å². The highest BCUT2D eigenvalue weighted by atomic mass is 14.9. The third-order valence-corrected chi connectivity index (χ3v) is 5.91. The summed E-state index contributed by atoms with van der Waals surface area (Å²) in [6, 6.07) is 12.6. The average molecular weight is 542 g/mol. The van der Waals surface area contributed by atoms with Crippen LogP contribution in [-0.4, -0.2) is 32.9 Å². The molecule has 0 fully saturated rings. The molecular formula is C35H51N5. The first-order valence-electron chi connectivity index (χ1n) is 14.2. The van der Waals surface area contributed by atoms with E-state index in [1.807, 2.05) is 33.8 Å². The highest BCUT2D eigenvalue weighted by Gasteiger charge is 2.11. The van der Waals surface area contributed by atoms with Crippen LogP contribution in [0.3, 0.4) is 0 Å². The lowest BCUT2D eigenvalue weighted by Crippen LogP contribution is -2.20. The number of hydrogen-bond acceptors (Lipinski definition) is 5.